The van der Waals surface area contributed by atoms with E-state index in [0.717, 1.165) is 5.56 Å². The van der Waals surface area contributed by atoms with Crippen LogP contribution in [0.3, 0.4) is 0 Å². The number of benzene rings is 1. The molecule has 0 aromatic heterocycles. The third-order valence-corrected chi connectivity index (χ3v) is 3.59. The second-order valence-corrected chi connectivity index (χ2v) is 5.64. The van der Waals surface area contributed by atoms with Gasteiger partial charge in [0.05, 0.1) is 6.42 Å². The largest absolute Gasteiger partial charge is 0.344 e. The van der Waals surface area contributed by atoms with E-state index in [0.29, 0.717) is 12.3 Å². The average molecular weight is 288 g/mol. The molecule has 2 rings (SSSR count). The van der Waals surface area contributed by atoms with Crippen molar-refractivity contribution in [1.82, 2.24) is 10.6 Å². The zero-order valence-corrected chi connectivity index (χ0v) is 12.3. The number of amides is 3. The van der Waals surface area contributed by atoms with Crippen LogP contribution in [0.2, 0.25) is 0 Å². The highest BCUT2D eigenvalue weighted by Crippen LogP contribution is 2.15. The van der Waals surface area contributed by atoms with Gasteiger partial charge in [-0.05, 0) is 23.5 Å². The second-order valence-electron chi connectivity index (χ2n) is 5.64. The Morgan fingerprint density at radius 2 is 1.95 bits per heavy atom. The predicted molar refractivity (Wildman–Crippen MR) is 78.5 cm³/mol. The maximum absolute atomic E-state index is 12.0. The Hall–Kier alpha value is -2.17. The molecule has 2 N–H and O–H groups in total. The predicted octanol–water partition coefficient (Wildman–Crippen LogP) is 1.27. The molecule has 112 valence electrons. The van der Waals surface area contributed by atoms with Crippen LogP contribution in [0.5, 0.6) is 0 Å². The number of imide groups is 1. The first-order valence-electron chi connectivity index (χ1n) is 7.17. The van der Waals surface area contributed by atoms with E-state index in [1.54, 1.807) is 0 Å². The third-order valence-electron chi connectivity index (χ3n) is 3.59. The molecular weight excluding hydrogens is 268 g/mol. The molecule has 1 aromatic rings. The molecule has 0 radical (unpaired) electrons. The number of piperidine rings is 1. The summed E-state index contributed by atoms with van der Waals surface area (Å²) in [6.45, 7) is 4.23. The average Bonchev–Trinajstić information content (AvgIpc) is 2.42. The molecule has 1 aromatic carbocycles. The second kappa shape index (κ2) is 6.52. The van der Waals surface area contributed by atoms with Crippen LogP contribution >= 0.6 is 0 Å². The molecule has 21 heavy (non-hydrogen) atoms. The molecule has 0 aliphatic carbocycles. The molecule has 0 spiro atoms. The lowest BCUT2D eigenvalue weighted by Crippen LogP contribution is -2.52. The molecule has 1 atom stereocenters. The lowest BCUT2D eigenvalue weighted by molar-refractivity contribution is -0.137. The molecule has 1 heterocycles. The standard InChI is InChI=1S/C16H20N2O3/c1-10(2)12-5-3-11(4-6-12)9-15(20)17-13-7-8-14(19)18-16(13)21/h3-6,10,13H,7-9H2,1-2H3,(H,17,20)(H,18,19,21). The van der Waals surface area contributed by atoms with Gasteiger partial charge in [0.2, 0.25) is 17.7 Å². The highest BCUT2D eigenvalue weighted by Gasteiger charge is 2.27. The van der Waals surface area contributed by atoms with Gasteiger partial charge in [-0.2, -0.15) is 0 Å². The molecular formula is C16H20N2O3. The summed E-state index contributed by atoms with van der Waals surface area (Å²) in [5.74, 6) is -0.456. The van der Waals surface area contributed by atoms with E-state index in [4.69, 9.17) is 0 Å². The van der Waals surface area contributed by atoms with Crippen LogP contribution in [-0.2, 0) is 20.8 Å². The van der Waals surface area contributed by atoms with E-state index in [2.05, 4.69) is 24.5 Å². The van der Waals surface area contributed by atoms with Crippen molar-refractivity contribution < 1.29 is 14.4 Å². The summed E-state index contributed by atoms with van der Waals surface area (Å²) < 4.78 is 0. The first-order valence-corrected chi connectivity index (χ1v) is 7.17. The topological polar surface area (TPSA) is 75.3 Å². The smallest absolute Gasteiger partial charge is 0.249 e. The maximum Gasteiger partial charge on any atom is 0.249 e. The Kier molecular flexibility index (Phi) is 4.73. The van der Waals surface area contributed by atoms with Crippen LogP contribution in [0.4, 0.5) is 0 Å². The first kappa shape index (κ1) is 15.2. The Balaban J connectivity index is 1.89. The van der Waals surface area contributed by atoms with Crippen molar-refractivity contribution in [3.63, 3.8) is 0 Å². The summed E-state index contributed by atoms with van der Waals surface area (Å²) in [6, 6.07) is 7.28. The van der Waals surface area contributed by atoms with Crippen LogP contribution in [0, 0.1) is 0 Å². The van der Waals surface area contributed by atoms with Gasteiger partial charge in [0, 0.05) is 6.42 Å². The third kappa shape index (κ3) is 4.15. The number of rotatable bonds is 4. The highest BCUT2D eigenvalue weighted by molar-refractivity contribution is 6.01. The molecule has 0 saturated carbocycles. The molecule has 1 saturated heterocycles. The quantitative estimate of drug-likeness (QED) is 0.819. The van der Waals surface area contributed by atoms with Gasteiger partial charge in [0.25, 0.3) is 0 Å². The lowest BCUT2D eigenvalue weighted by Gasteiger charge is -2.21. The van der Waals surface area contributed by atoms with E-state index < -0.39 is 11.9 Å². The van der Waals surface area contributed by atoms with Crippen LogP contribution in [0.25, 0.3) is 0 Å². The summed E-state index contributed by atoms with van der Waals surface area (Å²) in [7, 11) is 0. The van der Waals surface area contributed by atoms with Gasteiger partial charge < -0.3 is 5.32 Å². The molecule has 1 aliphatic heterocycles. The van der Waals surface area contributed by atoms with Gasteiger partial charge in [-0.3, -0.25) is 19.7 Å². The summed E-state index contributed by atoms with van der Waals surface area (Å²) >= 11 is 0. The normalized spacial score (nSPS) is 18.5. The van der Waals surface area contributed by atoms with Gasteiger partial charge in [0.15, 0.2) is 0 Å². The molecule has 3 amide bonds. The van der Waals surface area contributed by atoms with Gasteiger partial charge in [-0.25, -0.2) is 0 Å². The fourth-order valence-corrected chi connectivity index (χ4v) is 2.28. The van der Waals surface area contributed by atoms with E-state index in [-0.39, 0.29) is 24.7 Å². The zero-order valence-electron chi connectivity index (χ0n) is 12.3. The minimum absolute atomic E-state index is 0.207. The Morgan fingerprint density at radius 1 is 1.29 bits per heavy atom. The number of carbonyl (C=O) groups is 3. The molecule has 5 nitrogen and oxygen atoms in total. The van der Waals surface area contributed by atoms with Crippen molar-refractivity contribution in [2.24, 2.45) is 0 Å². The monoisotopic (exact) mass is 288 g/mol. The van der Waals surface area contributed by atoms with Crippen molar-refractivity contribution >= 4 is 17.7 Å². The van der Waals surface area contributed by atoms with Gasteiger partial charge >= 0.3 is 0 Å². The minimum Gasteiger partial charge on any atom is -0.344 e. The molecule has 5 heteroatoms. The van der Waals surface area contributed by atoms with Crippen LogP contribution in [0.1, 0.15) is 43.7 Å². The van der Waals surface area contributed by atoms with E-state index in [1.807, 2.05) is 24.3 Å². The van der Waals surface area contributed by atoms with Crippen LogP contribution in [0.15, 0.2) is 24.3 Å². The lowest BCUT2D eigenvalue weighted by atomic mass is 10.0. The summed E-state index contributed by atoms with van der Waals surface area (Å²) in [6.07, 6.45) is 0.860. The van der Waals surface area contributed by atoms with Crippen LogP contribution in [-0.4, -0.2) is 23.8 Å². The molecule has 1 aliphatic rings. The minimum atomic E-state index is -0.606. The van der Waals surface area contributed by atoms with Crippen molar-refractivity contribution in [1.29, 1.82) is 0 Å². The van der Waals surface area contributed by atoms with Crippen LogP contribution < -0.4 is 10.6 Å². The number of hydrogen-bond acceptors (Lipinski definition) is 3. The van der Waals surface area contributed by atoms with Gasteiger partial charge in [0.1, 0.15) is 6.04 Å². The van der Waals surface area contributed by atoms with Crippen molar-refractivity contribution in [2.75, 3.05) is 0 Å². The van der Waals surface area contributed by atoms with Crippen molar-refractivity contribution in [3.05, 3.63) is 35.4 Å². The van der Waals surface area contributed by atoms with E-state index in [1.165, 1.54) is 5.56 Å². The number of carbonyl (C=O) groups excluding carboxylic acids is 3. The number of nitrogens with one attached hydrogen (secondary N) is 2. The summed E-state index contributed by atoms with van der Waals surface area (Å²) in [4.78, 5) is 34.6. The molecule has 1 unspecified atom stereocenters. The zero-order chi connectivity index (χ0) is 15.4. The Bertz CT molecular complexity index is 549. The van der Waals surface area contributed by atoms with Gasteiger partial charge in [-0.1, -0.05) is 38.1 Å². The molecule has 0 bridgehead atoms. The van der Waals surface area contributed by atoms with E-state index >= 15 is 0 Å². The van der Waals surface area contributed by atoms with Crippen molar-refractivity contribution in [3.8, 4) is 0 Å². The highest BCUT2D eigenvalue weighted by atomic mass is 16.2. The van der Waals surface area contributed by atoms with E-state index in [9.17, 15) is 14.4 Å². The summed E-state index contributed by atoms with van der Waals surface area (Å²) in [5.41, 5.74) is 2.13. The fraction of sp³-hybridized carbons (Fsp3) is 0.438. The number of hydrogen-bond donors (Lipinski definition) is 2. The summed E-state index contributed by atoms with van der Waals surface area (Å²) in [5, 5.41) is 4.90. The molecule has 1 fully saturated rings. The maximum atomic E-state index is 12.0. The SMILES string of the molecule is CC(C)c1ccc(CC(=O)NC2CCC(=O)NC2=O)cc1. The fourth-order valence-electron chi connectivity index (χ4n) is 2.28. The van der Waals surface area contributed by atoms with Gasteiger partial charge in [-0.15, -0.1) is 0 Å². The van der Waals surface area contributed by atoms with Crippen molar-refractivity contribution in [2.45, 2.75) is 45.1 Å². The Labute approximate surface area is 124 Å². The first-order chi connectivity index (χ1) is 9.95. The Morgan fingerprint density at radius 3 is 2.52 bits per heavy atom.